The number of benzene rings is 2. The fourth-order valence-corrected chi connectivity index (χ4v) is 5.16. The molecule has 12 heteroatoms. The summed E-state index contributed by atoms with van der Waals surface area (Å²) >= 11 is 0. The van der Waals surface area contributed by atoms with Crippen molar-refractivity contribution in [3.8, 4) is 22.9 Å². The number of aromatic amines is 1. The fraction of sp³-hybridized carbons (Fsp3) is 0.300. The molecule has 0 unspecified atom stereocenters. The Bertz CT molecular complexity index is 1220. The van der Waals surface area contributed by atoms with Gasteiger partial charge in [0.25, 0.3) is 0 Å². The lowest BCUT2D eigenvalue weighted by molar-refractivity contribution is 0.126. The number of carboxylic acid groups (broad SMARTS) is 1. The zero-order valence-corrected chi connectivity index (χ0v) is 18.3. The van der Waals surface area contributed by atoms with Crippen molar-refractivity contribution in [2.45, 2.75) is 18.7 Å². The zero-order chi connectivity index (χ0) is 22.9. The summed E-state index contributed by atoms with van der Waals surface area (Å²) in [5, 5.41) is 22.9. The molecule has 2 N–H and O–H groups in total. The van der Waals surface area contributed by atoms with Gasteiger partial charge in [-0.25, -0.2) is 13.2 Å². The monoisotopic (exact) mass is 458 g/mol. The van der Waals surface area contributed by atoms with Crippen molar-refractivity contribution in [1.29, 1.82) is 0 Å². The number of nitrogens with one attached hydrogen (secondary N) is 1. The predicted octanol–water partition coefficient (Wildman–Crippen LogP) is 2.26. The number of hydrogen-bond donors (Lipinski definition) is 2. The van der Waals surface area contributed by atoms with Crippen LogP contribution in [-0.4, -0.2) is 75.6 Å². The van der Waals surface area contributed by atoms with Gasteiger partial charge in [-0.2, -0.15) is 9.52 Å². The highest BCUT2D eigenvalue weighted by molar-refractivity contribution is 7.89. The standard InChI is InChI=1S/C20H22N6O5S/c1-13-9-14(2)11-16(10-13)31-17-4-3-15(19-21-23-24-22-19)12-18(17)32(29,30)26-7-5-25(6-8-26)20(27)28/h3-4,9-12H,5-8H2,1-2H3,(H,27,28)(H,21,22,23,24). The van der Waals surface area contributed by atoms with Crippen molar-refractivity contribution in [3.05, 3.63) is 47.5 Å². The van der Waals surface area contributed by atoms with Crippen molar-refractivity contribution in [2.24, 2.45) is 0 Å². The van der Waals surface area contributed by atoms with Crippen LogP contribution in [0.1, 0.15) is 11.1 Å². The van der Waals surface area contributed by atoms with Crippen LogP contribution in [0.3, 0.4) is 0 Å². The number of piperazine rings is 1. The molecule has 1 aromatic heterocycles. The molecule has 11 nitrogen and oxygen atoms in total. The minimum Gasteiger partial charge on any atom is -0.465 e. The lowest BCUT2D eigenvalue weighted by Crippen LogP contribution is -2.50. The van der Waals surface area contributed by atoms with E-state index in [-0.39, 0.29) is 42.6 Å². The van der Waals surface area contributed by atoms with E-state index in [1.54, 1.807) is 12.1 Å². The molecule has 0 spiro atoms. The van der Waals surface area contributed by atoms with Gasteiger partial charge in [-0.3, -0.25) is 0 Å². The Balaban J connectivity index is 1.73. The molecule has 168 valence electrons. The van der Waals surface area contributed by atoms with Crippen LogP contribution in [0.4, 0.5) is 4.79 Å². The first-order valence-electron chi connectivity index (χ1n) is 9.86. The van der Waals surface area contributed by atoms with Gasteiger partial charge in [-0.15, -0.1) is 10.2 Å². The molecule has 0 saturated carbocycles. The average Bonchev–Trinajstić information content (AvgIpc) is 3.28. The Hall–Kier alpha value is -3.51. The van der Waals surface area contributed by atoms with Crippen molar-refractivity contribution in [1.82, 2.24) is 29.8 Å². The minimum atomic E-state index is -3.99. The van der Waals surface area contributed by atoms with Gasteiger partial charge >= 0.3 is 6.09 Å². The van der Waals surface area contributed by atoms with Gasteiger partial charge in [0.2, 0.25) is 15.8 Å². The Labute approximate surface area is 184 Å². The molecule has 0 bridgehead atoms. The molecule has 1 amide bonds. The van der Waals surface area contributed by atoms with Crippen molar-refractivity contribution in [2.75, 3.05) is 26.2 Å². The van der Waals surface area contributed by atoms with Gasteiger partial charge in [-0.1, -0.05) is 6.07 Å². The summed E-state index contributed by atoms with van der Waals surface area (Å²) in [6.45, 7) is 4.13. The van der Waals surface area contributed by atoms with Gasteiger partial charge in [0, 0.05) is 31.7 Å². The van der Waals surface area contributed by atoms with Gasteiger partial charge in [-0.05, 0) is 60.5 Å². The molecule has 0 aliphatic carbocycles. The Morgan fingerprint density at radius 3 is 2.34 bits per heavy atom. The third kappa shape index (κ3) is 4.41. The molecule has 4 rings (SSSR count). The van der Waals surface area contributed by atoms with E-state index >= 15 is 0 Å². The van der Waals surface area contributed by atoms with Crippen LogP contribution in [0.15, 0.2) is 41.3 Å². The lowest BCUT2D eigenvalue weighted by atomic mass is 10.1. The summed E-state index contributed by atoms with van der Waals surface area (Å²) in [5.41, 5.74) is 2.42. The zero-order valence-electron chi connectivity index (χ0n) is 17.5. The fourth-order valence-electron chi connectivity index (χ4n) is 3.59. The number of tetrazole rings is 1. The van der Waals surface area contributed by atoms with Gasteiger partial charge < -0.3 is 14.7 Å². The van der Waals surface area contributed by atoms with E-state index in [9.17, 15) is 13.2 Å². The SMILES string of the molecule is Cc1cc(C)cc(Oc2ccc(-c3nn[nH]n3)cc2S(=O)(=O)N2CCN(C(=O)O)CC2)c1. The minimum absolute atomic E-state index is 0.0457. The van der Waals surface area contributed by atoms with Gasteiger partial charge in [0.15, 0.2) is 0 Å². The second-order valence-corrected chi connectivity index (χ2v) is 9.40. The van der Waals surface area contributed by atoms with E-state index in [0.717, 1.165) is 11.1 Å². The first-order chi connectivity index (χ1) is 15.2. The van der Waals surface area contributed by atoms with Crippen LogP contribution >= 0.6 is 0 Å². The van der Waals surface area contributed by atoms with Crippen molar-refractivity contribution in [3.63, 3.8) is 0 Å². The maximum absolute atomic E-state index is 13.5. The number of ether oxygens (including phenoxy) is 1. The highest BCUT2D eigenvalue weighted by atomic mass is 32.2. The number of H-pyrrole nitrogens is 1. The number of aryl methyl sites for hydroxylation is 2. The third-order valence-electron chi connectivity index (χ3n) is 5.10. The van der Waals surface area contributed by atoms with Crippen LogP contribution in [-0.2, 0) is 10.0 Å². The molecule has 2 heterocycles. The first-order valence-corrected chi connectivity index (χ1v) is 11.3. The van der Waals surface area contributed by atoms with E-state index in [1.807, 2.05) is 32.0 Å². The summed E-state index contributed by atoms with van der Waals surface area (Å²) in [4.78, 5) is 12.3. The van der Waals surface area contributed by atoms with Crippen LogP contribution in [0.5, 0.6) is 11.5 Å². The lowest BCUT2D eigenvalue weighted by Gasteiger charge is -2.32. The second kappa shape index (κ2) is 8.55. The number of sulfonamides is 1. The number of rotatable bonds is 5. The Morgan fingerprint density at radius 2 is 1.75 bits per heavy atom. The smallest absolute Gasteiger partial charge is 0.407 e. The molecule has 1 aliphatic heterocycles. The normalized spacial score (nSPS) is 15.0. The van der Waals surface area contributed by atoms with Gasteiger partial charge in [0.05, 0.1) is 0 Å². The molecular weight excluding hydrogens is 436 g/mol. The summed E-state index contributed by atoms with van der Waals surface area (Å²) in [7, 11) is -3.99. The van der Waals surface area contributed by atoms with Crippen LogP contribution in [0.2, 0.25) is 0 Å². The number of amides is 1. The third-order valence-corrected chi connectivity index (χ3v) is 7.02. The van der Waals surface area contributed by atoms with Crippen LogP contribution < -0.4 is 4.74 Å². The quantitative estimate of drug-likeness (QED) is 0.593. The summed E-state index contributed by atoms with van der Waals surface area (Å²) < 4.78 is 34.4. The molecule has 1 fully saturated rings. The second-order valence-electron chi connectivity index (χ2n) is 7.50. The highest BCUT2D eigenvalue weighted by Crippen LogP contribution is 2.34. The van der Waals surface area contributed by atoms with E-state index < -0.39 is 16.1 Å². The van der Waals surface area contributed by atoms with Crippen LogP contribution in [0.25, 0.3) is 11.4 Å². The Morgan fingerprint density at radius 1 is 1.06 bits per heavy atom. The largest absolute Gasteiger partial charge is 0.465 e. The molecule has 0 radical (unpaired) electrons. The molecule has 1 saturated heterocycles. The van der Waals surface area contributed by atoms with E-state index in [0.29, 0.717) is 11.3 Å². The molecule has 0 atom stereocenters. The van der Waals surface area contributed by atoms with Crippen LogP contribution in [0, 0.1) is 13.8 Å². The maximum Gasteiger partial charge on any atom is 0.407 e. The molecule has 2 aromatic carbocycles. The van der Waals surface area contributed by atoms with Crippen molar-refractivity contribution >= 4 is 16.1 Å². The van der Waals surface area contributed by atoms with E-state index in [1.165, 1.54) is 15.3 Å². The van der Waals surface area contributed by atoms with Crippen molar-refractivity contribution < 1.29 is 23.1 Å². The Kier molecular flexibility index (Phi) is 5.80. The topological polar surface area (TPSA) is 142 Å². The summed E-state index contributed by atoms with van der Waals surface area (Å²) in [6.07, 6.45) is -1.07. The average molecular weight is 459 g/mol. The van der Waals surface area contributed by atoms with Gasteiger partial charge in [0.1, 0.15) is 16.4 Å². The molecule has 32 heavy (non-hydrogen) atoms. The summed E-state index contributed by atoms with van der Waals surface area (Å²) in [5.74, 6) is 0.917. The highest BCUT2D eigenvalue weighted by Gasteiger charge is 2.33. The number of aromatic nitrogens is 4. The maximum atomic E-state index is 13.5. The first kappa shape index (κ1) is 21.7. The number of carbonyl (C=O) groups is 1. The van der Waals surface area contributed by atoms with E-state index in [2.05, 4.69) is 20.6 Å². The molecule has 3 aromatic rings. The number of nitrogens with zero attached hydrogens (tertiary/aromatic N) is 5. The number of hydrogen-bond acceptors (Lipinski definition) is 7. The predicted molar refractivity (Wildman–Crippen MR) is 114 cm³/mol. The molecule has 1 aliphatic rings. The summed E-state index contributed by atoms with van der Waals surface area (Å²) in [6, 6.07) is 10.3. The van der Waals surface area contributed by atoms with E-state index in [4.69, 9.17) is 9.84 Å². The molecular formula is C20H22N6O5S.